The van der Waals surface area contributed by atoms with E-state index >= 15 is 0 Å². The Bertz CT molecular complexity index is 1690. The molecule has 0 aliphatic rings. The third-order valence-electron chi connectivity index (χ3n) is 5.91. The van der Waals surface area contributed by atoms with Gasteiger partial charge >= 0.3 is 5.97 Å². The molecule has 2 heterocycles. The second-order valence-electron chi connectivity index (χ2n) is 8.64. The van der Waals surface area contributed by atoms with E-state index in [4.69, 9.17) is 21.1 Å². The lowest BCUT2D eigenvalue weighted by Gasteiger charge is -2.15. The van der Waals surface area contributed by atoms with Gasteiger partial charge in [0.05, 0.1) is 18.3 Å². The maximum Gasteiger partial charge on any atom is 0.343 e. The zero-order valence-corrected chi connectivity index (χ0v) is 21.6. The fraction of sp³-hybridized carbons (Fsp3) is 0.100. The highest BCUT2D eigenvalue weighted by atomic mass is 35.5. The number of hydrogen-bond acceptors (Lipinski definition) is 6. The monoisotopic (exact) mass is 543 g/mol. The maximum absolute atomic E-state index is 13.2. The van der Waals surface area contributed by atoms with Crippen molar-refractivity contribution in [3.63, 3.8) is 0 Å². The predicted molar refractivity (Wildman–Crippen MR) is 149 cm³/mol. The van der Waals surface area contributed by atoms with Gasteiger partial charge in [-0.2, -0.15) is 0 Å². The molecule has 3 aromatic carbocycles. The van der Waals surface area contributed by atoms with Gasteiger partial charge in [-0.3, -0.25) is 4.79 Å². The molecule has 0 unspecified atom stereocenters. The number of carbonyl (C=O) groups is 1. The quantitative estimate of drug-likeness (QED) is 0.213. The van der Waals surface area contributed by atoms with Crippen molar-refractivity contribution >= 4 is 39.8 Å². The topological polar surface area (TPSA) is 82.4 Å². The molecule has 7 nitrogen and oxygen atoms in total. The van der Waals surface area contributed by atoms with E-state index in [0.29, 0.717) is 28.2 Å². The minimum absolute atomic E-state index is 0.0229. The van der Waals surface area contributed by atoms with Crippen LogP contribution in [0.1, 0.15) is 22.8 Å². The summed E-state index contributed by atoms with van der Waals surface area (Å²) in [6.07, 6.45) is 2.63. The first kappa shape index (κ1) is 25.9. The average molecular weight is 544 g/mol. The molecule has 0 saturated heterocycles. The highest BCUT2D eigenvalue weighted by Gasteiger charge is 2.17. The number of nitrogens with one attached hydrogen (secondary N) is 1. The van der Waals surface area contributed by atoms with Gasteiger partial charge in [0.15, 0.2) is 0 Å². The van der Waals surface area contributed by atoms with Gasteiger partial charge in [0.2, 0.25) is 11.3 Å². The van der Waals surface area contributed by atoms with Crippen LogP contribution in [-0.4, -0.2) is 22.1 Å². The molecule has 196 valence electrons. The van der Waals surface area contributed by atoms with E-state index < -0.39 is 17.2 Å². The molecule has 0 bridgehead atoms. The molecule has 2 aromatic heterocycles. The minimum Gasteiger partial charge on any atom is -0.462 e. The molecule has 0 fully saturated rings. The Morgan fingerprint density at radius 1 is 1.00 bits per heavy atom. The largest absolute Gasteiger partial charge is 0.462 e. The Morgan fingerprint density at radius 3 is 2.44 bits per heavy atom. The molecule has 0 radical (unpaired) electrons. The van der Waals surface area contributed by atoms with Crippen LogP contribution in [0.25, 0.3) is 10.9 Å². The van der Waals surface area contributed by atoms with Gasteiger partial charge in [0.25, 0.3) is 0 Å². The van der Waals surface area contributed by atoms with Crippen LogP contribution in [0, 0.1) is 5.82 Å². The molecule has 0 spiro atoms. The molecule has 9 heteroatoms. The molecular weight excluding hydrogens is 521 g/mol. The van der Waals surface area contributed by atoms with E-state index in [2.05, 4.69) is 10.3 Å². The van der Waals surface area contributed by atoms with E-state index in [1.54, 1.807) is 43.3 Å². The molecule has 0 aliphatic carbocycles. The highest BCUT2D eigenvalue weighted by molar-refractivity contribution is 6.30. The molecule has 5 rings (SSSR count). The number of fused-ring (bicyclic) bond motifs is 1. The summed E-state index contributed by atoms with van der Waals surface area (Å²) >= 11 is 6.04. The highest BCUT2D eigenvalue weighted by Crippen LogP contribution is 2.26. The molecule has 1 N–H and O–H groups in total. The summed E-state index contributed by atoms with van der Waals surface area (Å²) in [6, 6.07) is 22.6. The summed E-state index contributed by atoms with van der Waals surface area (Å²) in [4.78, 5) is 29.6. The Hall–Kier alpha value is -4.69. The summed E-state index contributed by atoms with van der Waals surface area (Å²) < 4.78 is 25.7. The van der Waals surface area contributed by atoms with Gasteiger partial charge in [-0.15, -0.1) is 0 Å². The normalized spacial score (nSPS) is 10.8. The zero-order chi connectivity index (χ0) is 27.4. The fourth-order valence-electron chi connectivity index (χ4n) is 4.06. The Morgan fingerprint density at radius 2 is 1.74 bits per heavy atom. The Kier molecular flexibility index (Phi) is 7.56. The Balaban J connectivity index is 1.45. The lowest BCUT2D eigenvalue weighted by molar-refractivity contribution is 0.0524. The van der Waals surface area contributed by atoms with Crippen LogP contribution in [0.4, 0.5) is 15.8 Å². The SMILES string of the molecule is CCOC(=O)c1cn(Cc2ccc(Cl)cc2)c2cc(Nc3ccc(Oc4ccc(F)cn4)cc3)ccc2c1=O. The smallest absolute Gasteiger partial charge is 0.343 e. The van der Waals surface area contributed by atoms with E-state index in [1.807, 2.05) is 34.9 Å². The third-order valence-corrected chi connectivity index (χ3v) is 6.16. The van der Waals surface area contributed by atoms with Crippen molar-refractivity contribution in [3.8, 4) is 11.6 Å². The lowest BCUT2D eigenvalue weighted by atomic mass is 10.1. The fourth-order valence-corrected chi connectivity index (χ4v) is 4.18. The van der Waals surface area contributed by atoms with Crippen LogP contribution in [0.5, 0.6) is 11.6 Å². The molecule has 5 aromatic rings. The number of pyridine rings is 2. The van der Waals surface area contributed by atoms with Crippen molar-refractivity contribution in [2.45, 2.75) is 13.5 Å². The first-order valence-corrected chi connectivity index (χ1v) is 12.5. The number of nitrogens with zero attached hydrogens (tertiary/aromatic N) is 2. The van der Waals surface area contributed by atoms with Crippen LogP contribution in [0.2, 0.25) is 5.02 Å². The van der Waals surface area contributed by atoms with Crippen molar-refractivity contribution in [2.24, 2.45) is 0 Å². The van der Waals surface area contributed by atoms with Crippen molar-refractivity contribution in [1.29, 1.82) is 0 Å². The number of carbonyl (C=O) groups excluding carboxylic acids is 1. The van der Waals surface area contributed by atoms with Crippen LogP contribution in [0.15, 0.2) is 96.1 Å². The maximum atomic E-state index is 13.2. The van der Waals surface area contributed by atoms with E-state index in [1.165, 1.54) is 18.3 Å². The van der Waals surface area contributed by atoms with E-state index in [0.717, 1.165) is 23.1 Å². The van der Waals surface area contributed by atoms with Crippen molar-refractivity contribution in [3.05, 3.63) is 123 Å². The number of esters is 1. The van der Waals surface area contributed by atoms with Gasteiger partial charge in [-0.25, -0.2) is 14.2 Å². The molecule has 39 heavy (non-hydrogen) atoms. The zero-order valence-electron chi connectivity index (χ0n) is 20.9. The van der Waals surface area contributed by atoms with Crippen LogP contribution >= 0.6 is 11.6 Å². The van der Waals surface area contributed by atoms with Gasteiger partial charge in [0, 0.05) is 40.6 Å². The third kappa shape index (κ3) is 6.08. The number of ether oxygens (including phenoxy) is 2. The first-order valence-electron chi connectivity index (χ1n) is 12.1. The van der Waals surface area contributed by atoms with Gasteiger partial charge in [-0.1, -0.05) is 23.7 Å². The van der Waals surface area contributed by atoms with Crippen LogP contribution < -0.4 is 15.5 Å². The lowest BCUT2D eigenvalue weighted by Crippen LogP contribution is -2.21. The predicted octanol–water partition coefficient (Wildman–Crippen LogP) is 6.95. The number of halogens is 2. The van der Waals surface area contributed by atoms with Crippen molar-refractivity contribution in [2.75, 3.05) is 11.9 Å². The number of benzene rings is 3. The summed E-state index contributed by atoms with van der Waals surface area (Å²) in [5, 5.41) is 4.34. The number of hydrogen-bond donors (Lipinski definition) is 1. The van der Waals surface area contributed by atoms with E-state index in [9.17, 15) is 14.0 Å². The summed E-state index contributed by atoms with van der Waals surface area (Å²) in [5.41, 5.74) is 2.70. The minimum atomic E-state index is -0.658. The van der Waals surface area contributed by atoms with Crippen molar-refractivity contribution in [1.82, 2.24) is 9.55 Å². The summed E-state index contributed by atoms with van der Waals surface area (Å²) in [5.74, 6) is -0.267. The standard InChI is InChI=1S/C30H23ClFN3O4/c1-2-38-30(37)26-18-35(17-19-3-5-20(31)6-4-19)27-15-23(10-13-25(27)29(26)36)34-22-8-11-24(12-9-22)39-28-14-7-21(32)16-33-28/h3-16,18,34H,2,17H2,1H3. The van der Waals surface area contributed by atoms with Gasteiger partial charge < -0.3 is 19.4 Å². The summed E-state index contributed by atoms with van der Waals surface area (Å²) in [6.45, 7) is 2.27. The number of rotatable bonds is 8. The molecule has 0 aliphatic heterocycles. The number of anilines is 2. The van der Waals surface area contributed by atoms with Crippen LogP contribution in [0.3, 0.4) is 0 Å². The Labute approximate surface area is 228 Å². The second kappa shape index (κ2) is 11.4. The van der Waals surface area contributed by atoms with E-state index in [-0.39, 0.29) is 18.1 Å². The second-order valence-corrected chi connectivity index (χ2v) is 9.08. The molecule has 0 amide bonds. The average Bonchev–Trinajstić information content (AvgIpc) is 2.94. The molecular formula is C30H23ClFN3O4. The molecule has 0 saturated carbocycles. The molecule has 0 atom stereocenters. The summed E-state index contributed by atoms with van der Waals surface area (Å²) in [7, 11) is 0. The van der Waals surface area contributed by atoms with Gasteiger partial charge in [0.1, 0.15) is 17.1 Å². The van der Waals surface area contributed by atoms with Gasteiger partial charge in [-0.05, 0) is 73.2 Å². The first-order chi connectivity index (χ1) is 18.9. The van der Waals surface area contributed by atoms with Crippen LogP contribution in [-0.2, 0) is 11.3 Å². The van der Waals surface area contributed by atoms with Crippen molar-refractivity contribution < 1.29 is 18.7 Å². The number of aromatic nitrogens is 2.